The van der Waals surface area contributed by atoms with Crippen molar-refractivity contribution in [3.05, 3.63) is 22.8 Å². The molecule has 1 rings (SSSR count). The summed E-state index contributed by atoms with van der Waals surface area (Å²) in [5, 5.41) is 3.61. The molecule has 0 amide bonds. The molecule has 3 nitrogen and oxygen atoms in total. The van der Waals surface area contributed by atoms with Crippen LogP contribution in [0.5, 0.6) is 0 Å². The zero-order chi connectivity index (χ0) is 10.4. The second-order valence-electron chi connectivity index (χ2n) is 2.93. The maximum absolute atomic E-state index is 5.96. The van der Waals surface area contributed by atoms with Crippen LogP contribution in [0.1, 0.15) is 19.0 Å². The van der Waals surface area contributed by atoms with Crippen LogP contribution >= 0.6 is 11.6 Å². The molecular formula is C10H15ClN2O. The smallest absolute Gasteiger partial charge is 0.126 e. The van der Waals surface area contributed by atoms with Crippen molar-refractivity contribution < 1.29 is 4.74 Å². The minimum atomic E-state index is 0.474. The molecule has 1 aromatic rings. The van der Waals surface area contributed by atoms with Crippen LogP contribution in [0.2, 0.25) is 5.02 Å². The molecule has 0 saturated heterocycles. The Bertz CT molecular complexity index is 291. The molecule has 4 heteroatoms. The Labute approximate surface area is 89.4 Å². The summed E-state index contributed by atoms with van der Waals surface area (Å²) in [7, 11) is 1.83. The lowest BCUT2D eigenvalue weighted by molar-refractivity contribution is 0.119. The summed E-state index contributed by atoms with van der Waals surface area (Å²) in [6.07, 6.45) is 1.00. The van der Waals surface area contributed by atoms with Gasteiger partial charge in [-0.3, -0.25) is 0 Å². The number of ether oxygens (including phenoxy) is 1. The zero-order valence-electron chi connectivity index (χ0n) is 8.51. The third kappa shape index (κ3) is 3.16. The fraction of sp³-hybridized carbons (Fsp3) is 0.500. The molecule has 1 aromatic heterocycles. The number of aromatic nitrogens is 1. The summed E-state index contributed by atoms with van der Waals surface area (Å²) < 4.78 is 5.37. The van der Waals surface area contributed by atoms with Gasteiger partial charge in [-0.1, -0.05) is 18.5 Å². The van der Waals surface area contributed by atoms with Crippen molar-refractivity contribution in [1.29, 1.82) is 0 Å². The minimum Gasteiger partial charge on any atom is -0.375 e. The van der Waals surface area contributed by atoms with E-state index in [9.17, 15) is 0 Å². The third-order valence-electron chi connectivity index (χ3n) is 1.76. The summed E-state index contributed by atoms with van der Waals surface area (Å²) in [6.45, 7) is 3.28. The van der Waals surface area contributed by atoms with E-state index in [-0.39, 0.29) is 0 Å². The van der Waals surface area contributed by atoms with E-state index in [0.29, 0.717) is 11.6 Å². The van der Waals surface area contributed by atoms with Crippen molar-refractivity contribution in [2.45, 2.75) is 20.0 Å². The predicted octanol–water partition coefficient (Wildman–Crippen LogP) is 2.70. The average molecular weight is 215 g/mol. The van der Waals surface area contributed by atoms with Crippen molar-refractivity contribution >= 4 is 17.4 Å². The van der Waals surface area contributed by atoms with E-state index >= 15 is 0 Å². The molecule has 0 bridgehead atoms. The first-order chi connectivity index (χ1) is 6.77. The van der Waals surface area contributed by atoms with Crippen LogP contribution < -0.4 is 5.32 Å². The number of pyridine rings is 1. The lowest BCUT2D eigenvalue weighted by Crippen LogP contribution is -2.00. The van der Waals surface area contributed by atoms with Gasteiger partial charge in [0.05, 0.1) is 17.3 Å². The van der Waals surface area contributed by atoms with E-state index in [2.05, 4.69) is 17.2 Å². The summed E-state index contributed by atoms with van der Waals surface area (Å²) in [6, 6.07) is 3.66. The third-order valence-corrected chi connectivity index (χ3v) is 2.11. The lowest BCUT2D eigenvalue weighted by atomic mass is 10.3. The van der Waals surface area contributed by atoms with Crippen molar-refractivity contribution in [1.82, 2.24) is 4.98 Å². The second kappa shape index (κ2) is 5.83. The molecule has 14 heavy (non-hydrogen) atoms. The van der Waals surface area contributed by atoms with Gasteiger partial charge < -0.3 is 10.1 Å². The number of nitrogens with zero attached hydrogens (tertiary/aromatic N) is 1. The number of rotatable bonds is 5. The molecule has 0 radical (unpaired) electrons. The molecule has 0 atom stereocenters. The predicted molar refractivity (Wildman–Crippen MR) is 58.7 cm³/mol. The SMILES string of the molecule is CCCOCc1nc(NC)ccc1Cl. The lowest BCUT2D eigenvalue weighted by Gasteiger charge is -2.06. The maximum Gasteiger partial charge on any atom is 0.126 e. The van der Waals surface area contributed by atoms with Gasteiger partial charge in [-0.25, -0.2) is 4.98 Å². The summed E-state index contributed by atoms with van der Waals surface area (Å²) in [5.41, 5.74) is 0.784. The van der Waals surface area contributed by atoms with E-state index < -0.39 is 0 Å². The highest BCUT2D eigenvalue weighted by molar-refractivity contribution is 6.31. The topological polar surface area (TPSA) is 34.1 Å². The van der Waals surface area contributed by atoms with Gasteiger partial charge in [-0.15, -0.1) is 0 Å². The van der Waals surface area contributed by atoms with Gasteiger partial charge in [0.1, 0.15) is 5.82 Å². The highest BCUT2D eigenvalue weighted by Crippen LogP contribution is 2.17. The highest BCUT2D eigenvalue weighted by atomic mass is 35.5. The van der Waals surface area contributed by atoms with Crippen LogP contribution in [0.25, 0.3) is 0 Å². The Hall–Kier alpha value is -0.800. The number of nitrogens with one attached hydrogen (secondary N) is 1. The quantitative estimate of drug-likeness (QED) is 0.766. The van der Waals surface area contributed by atoms with Gasteiger partial charge in [0.2, 0.25) is 0 Å². The fourth-order valence-electron chi connectivity index (χ4n) is 1.04. The van der Waals surface area contributed by atoms with E-state index in [1.165, 1.54) is 0 Å². The van der Waals surface area contributed by atoms with Crippen molar-refractivity contribution in [3.63, 3.8) is 0 Å². The molecule has 1 heterocycles. The molecule has 0 saturated carbocycles. The van der Waals surface area contributed by atoms with Gasteiger partial charge in [-0.05, 0) is 18.6 Å². The van der Waals surface area contributed by atoms with Crippen LogP contribution in [0.15, 0.2) is 12.1 Å². The van der Waals surface area contributed by atoms with Crippen LogP contribution in [0.4, 0.5) is 5.82 Å². The molecule has 0 unspecified atom stereocenters. The Kier molecular flexibility index (Phi) is 4.70. The molecule has 0 aliphatic rings. The molecule has 0 spiro atoms. The van der Waals surface area contributed by atoms with Crippen LogP contribution in [-0.2, 0) is 11.3 Å². The second-order valence-corrected chi connectivity index (χ2v) is 3.33. The number of hydrogen-bond donors (Lipinski definition) is 1. The summed E-state index contributed by atoms with van der Waals surface area (Å²) in [5.74, 6) is 0.810. The minimum absolute atomic E-state index is 0.474. The Morgan fingerprint density at radius 3 is 2.93 bits per heavy atom. The molecular weight excluding hydrogens is 200 g/mol. The Morgan fingerprint density at radius 2 is 2.29 bits per heavy atom. The van der Waals surface area contributed by atoms with Crippen LogP contribution in [0.3, 0.4) is 0 Å². The molecule has 78 valence electrons. The fourth-order valence-corrected chi connectivity index (χ4v) is 1.20. The van der Waals surface area contributed by atoms with Gasteiger partial charge in [0.25, 0.3) is 0 Å². The van der Waals surface area contributed by atoms with Gasteiger partial charge in [0, 0.05) is 13.7 Å². The Balaban J connectivity index is 2.64. The molecule has 0 aliphatic heterocycles. The molecule has 0 aromatic carbocycles. The van der Waals surface area contributed by atoms with E-state index in [4.69, 9.17) is 16.3 Å². The van der Waals surface area contributed by atoms with E-state index in [1.807, 2.05) is 19.2 Å². The first-order valence-corrected chi connectivity index (χ1v) is 5.06. The molecule has 0 aliphatic carbocycles. The Morgan fingerprint density at radius 1 is 1.50 bits per heavy atom. The van der Waals surface area contributed by atoms with Crippen molar-refractivity contribution in [2.24, 2.45) is 0 Å². The highest BCUT2D eigenvalue weighted by Gasteiger charge is 2.02. The number of anilines is 1. The van der Waals surface area contributed by atoms with Gasteiger partial charge >= 0.3 is 0 Å². The first-order valence-electron chi connectivity index (χ1n) is 4.68. The van der Waals surface area contributed by atoms with E-state index in [0.717, 1.165) is 24.5 Å². The summed E-state index contributed by atoms with van der Waals surface area (Å²) in [4.78, 5) is 4.29. The summed E-state index contributed by atoms with van der Waals surface area (Å²) >= 11 is 5.96. The molecule has 0 fully saturated rings. The maximum atomic E-state index is 5.96. The average Bonchev–Trinajstić information content (AvgIpc) is 2.21. The van der Waals surface area contributed by atoms with Gasteiger partial charge in [-0.2, -0.15) is 0 Å². The number of halogens is 1. The van der Waals surface area contributed by atoms with Crippen LogP contribution in [-0.4, -0.2) is 18.6 Å². The van der Waals surface area contributed by atoms with Crippen LogP contribution in [0, 0.1) is 0 Å². The van der Waals surface area contributed by atoms with E-state index in [1.54, 1.807) is 0 Å². The van der Waals surface area contributed by atoms with Crippen molar-refractivity contribution in [2.75, 3.05) is 19.0 Å². The number of hydrogen-bond acceptors (Lipinski definition) is 3. The largest absolute Gasteiger partial charge is 0.375 e. The molecule has 1 N–H and O–H groups in total. The monoisotopic (exact) mass is 214 g/mol. The van der Waals surface area contributed by atoms with Gasteiger partial charge in [0.15, 0.2) is 0 Å². The van der Waals surface area contributed by atoms with Crippen molar-refractivity contribution in [3.8, 4) is 0 Å². The normalized spacial score (nSPS) is 10.2. The standard InChI is InChI=1S/C10H15ClN2O/c1-3-6-14-7-9-8(11)4-5-10(12-2)13-9/h4-5H,3,6-7H2,1-2H3,(H,12,13). The zero-order valence-corrected chi connectivity index (χ0v) is 9.27. The first kappa shape index (κ1) is 11.3.